The Hall–Kier alpha value is -1.00. The normalized spacial score (nSPS) is 31.4. The summed E-state index contributed by atoms with van der Waals surface area (Å²) in [6, 6.07) is 3.67. The van der Waals surface area contributed by atoms with Crippen molar-refractivity contribution in [3.63, 3.8) is 0 Å². The Kier molecular flexibility index (Phi) is 3.31. The highest BCUT2D eigenvalue weighted by Gasteiger charge is 2.46. The van der Waals surface area contributed by atoms with Gasteiger partial charge in [-0.05, 0) is 43.5 Å². The molecule has 19 heavy (non-hydrogen) atoms. The van der Waals surface area contributed by atoms with Gasteiger partial charge >= 0.3 is 0 Å². The van der Waals surface area contributed by atoms with Gasteiger partial charge in [0.2, 0.25) is 0 Å². The summed E-state index contributed by atoms with van der Waals surface area (Å²) in [5.74, 6) is -1.14. The number of aliphatic hydroxyl groups is 1. The molecule has 0 spiro atoms. The number of hydrogen-bond donors (Lipinski definition) is 1. The van der Waals surface area contributed by atoms with E-state index in [1.165, 1.54) is 18.6 Å². The molecular weight excluding hydrogens is 248 g/mol. The van der Waals surface area contributed by atoms with Crippen molar-refractivity contribution in [3.8, 4) is 0 Å². The molecule has 1 N–H and O–H groups in total. The first-order valence-electron chi connectivity index (χ1n) is 6.98. The second kappa shape index (κ2) is 4.84. The standard InChI is InChI=1S/C15H19F2NO/c16-12-7-11(8-13(17)9-12)10-15(19)4-6-18-5-2-1-3-14(15)18/h7-9,14,19H,1-6,10H2. The van der Waals surface area contributed by atoms with Crippen LogP contribution in [0.15, 0.2) is 18.2 Å². The highest BCUT2D eigenvalue weighted by atomic mass is 19.1. The smallest absolute Gasteiger partial charge is 0.126 e. The molecule has 3 rings (SSSR count). The molecule has 104 valence electrons. The average molecular weight is 267 g/mol. The third-order valence-corrected chi connectivity index (χ3v) is 4.50. The molecule has 1 aromatic rings. The number of hydrogen-bond acceptors (Lipinski definition) is 2. The van der Waals surface area contributed by atoms with Gasteiger partial charge in [0.05, 0.1) is 5.60 Å². The largest absolute Gasteiger partial charge is 0.388 e. The lowest BCUT2D eigenvalue weighted by molar-refractivity contribution is -0.00893. The Morgan fingerprint density at radius 3 is 2.63 bits per heavy atom. The molecule has 2 unspecified atom stereocenters. The number of halogens is 2. The second-order valence-electron chi connectivity index (χ2n) is 5.86. The summed E-state index contributed by atoms with van der Waals surface area (Å²) in [6.45, 7) is 1.92. The highest BCUT2D eigenvalue weighted by molar-refractivity contribution is 5.21. The van der Waals surface area contributed by atoms with Gasteiger partial charge < -0.3 is 5.11 Å². The van der Waals surface area contributed by atoms with E-state index in [4.69, 9.17) is 0 Å². The van der Waals surface area contributed by atoms with E-state index in [-0.39, 0.29) is 6.04 Å². The molecule has 2 nitrogen and oxygen atoms in total. The Labute approximate surface area is 112 Å². The van der Waals surface area contributed by atoms with Crippen LogP contribution in [0.3, 0.4) is 0 Å². The van der Waals surface area contributed by atoms with Crippen molar-refractivity contribution < 1.29 is 13.9 Å². The number of benzene rings is 1. The van der Waals surface area contributed by atoms with Crippen LogP contribution >= 0.6 is 0 Å². The SMILES string of the molecule is OC1(Cc2cc(F)cc(F)c2)CCN2CCCCC21. The Morgan fingerprint density at radius 2 is 1.89 bits per heavy atom. The molecule has 0 aromatic heterocycles. The van der Waals surface area contributed by atoms with Crippen LogP contribution in [0.5, 0.6) is 0 Å². The van der Waals surface area contributed by atoms with Gasteiger partial charge in [-0.15, -0.1) is 0 Å². The maximum Gasteiger partial charge on any atom is 0.126 e. The Morgan fingerprint density at radius 1 is 1.16 bits per heavy atom. The lowest BCUT2D eigenvalue weighted by Crippen LogP contribution is -2.48. The van der Waals surface area contributed by atoms with E-state index in [1.807, 2.05) is 0 Å². The van der Waals surface area contributed by atoms with Crippen molar-refractivity contribution in [3.05, 3.63) is 35.4 Å². The summed E-state index contributed by atoms with van der Waals surface area (Å²) in [4.78, 5) is 2.32. The van der Waals surface area contributed by atoms with E-state index in [2.05, 4.69) is 4.90 Å². The molecule has 2 heterocycles. The van der Waals surface area contributed by atoms with E-state index in [0.717, 1.165) is 32.0 Å². The molecule has 0 radical (unpaired) electrons. The molecule has 2 atom stereocenters. The third-order valence-electron chi connectivity index (χ3n) is 4.50. The molecule has 0 bridgehead atoms. The summed E-state index contributed by atoms with van der Waals surface area (Å²) in [7, 11) is 0. The molecule has 0 aliphatic carbocycles. The average Bonchev–Trinajstić information content (AvgIpc) is 2.66. The first-order chi connectivity index (χ1) is 9.07. The zero-order valence-electron chi connectivity index (χ0n) is 10.9. The zero-order chi connectivity index (χ0) is 13.5. The Balaban J connectivity index is 1.81. The van der Waals surface area contributed by atoms with Gasteiger partial charge in [0, 0.05) is 25.1 Å². The zero-order valence-corrected chi connectivity index (χ0v) is 10.9. The summed E-state index contributed by atoms with van der Waals surface area (Å²) in [5.41, 5.74) is -0.284. The van der Waals surface area contributed by atoms with Crippen molar-refractivity contribution in [2.75, 3.05) is 13.1 Å². The molecular formula is C15H19F2NO. The molecule has 4 heteroatoms. The maximum absolute atomic E-state index is 13.2. The second-order valence-corrected chi connectivity index (χ2v) is 5.86. The predicted octanol–water partition coefficient (Wildman–Crippen LogP) is 2.50. The fraction of sp³-hybridized carbons (Fsp3) is 0.600. The quantitative estimate of drug-likeness (QED) is 0.890. The van der Waals surface area contributed by atoms with Gasteiger partial charge in [-0.1, -0.05) is 6.42 Å². The monoisotopic (exact) mass is 267 g/mol. The van der Waals surface area contributed by atoms with E-state index >= 15 is 0 Å². The number of rotatable bonds is 2. The highest BCUT2D eigenvalue weighted by Crippen LogP contribution is 2.37. The number of nitrogens with zero attached hydrogens (tertiary/aromatic N) is 1. The van der Waals surface area contributed by atoms with E-state index < -0.39 is 17.2 Å². The topological polar surface area (TPSA) is 23.5 Å². The first kappa shape index (κ1) is 13.0. The lowest BCUT2D eigenvalue weighted by Gasteiger charge is -2.37. The van der Waals surface area contributed by atoms with Crippen LogP contribution in [0, 0.1) is 11.6 Å². The van der Waals surface area contributed by atoms with Gasteiger partial charge in [0.25, 0.3) is 0 Å². The van der Waals surface area contributed by atoms with E-state index in [0.29, 0.717) is 18.4 Å². The first-order valence-corrected chi connectivity index (χ1v) is 6.98. The minimum absolute atomic E-state index is 0.146. The van der Waals surface area contributed by atoms with Crippen LogP contribution in [0.25, 0.3) is 0 Å². The minimum atomic E-state index is -0.833. The van der Waals surface area contributed by atoms with Gasteiger partial charge in [-0.2, -0.15) is 0 Å². The van der Waals surface area contributed by atoms with Crippen molar-refractivity contribution >= 4 is 0 Å². The molecule has 0 amide bonds. The van der Waals surface area contributed by atoms with Crippen LogP contribution in [-0.2, 0) is 6.42 Å². The molecule has 2 fully saturated rings. The molecule has 0 saturated carbocycles. The molecule has 2 saturated heterocycles. The predicted molar refractivity (Wildman–Crippen MR) is 68.8 cm³/mol. The van der Waals surface area contributed by atoms with Crippen LogP contribution in [0.1, 0.15) is 31.2 Å². The number of piperidine rings is 1. The number of fused-ring (bicyclic) bond motifs is 1. The van der Waals surface area contributed by atoms with Crippen molar-refractivity contribution in [1.82, 2.24) is 4.90 Å². The molecule has 2 aliphatic rings. The Bertz CT molecular complexity index is 459. The van der Waals surface area contributed by atoms with Crippen molar-refractivity contribution in [2.45, 2.75) is 43.7 Å². The van der Waals surface area contributed by atoms with Crippen molar-refractivity contribution in [2.24, 2.45) is 0 Å². The van der Waals surface area contributed by atoms with Gasteiger partial charge in [-0.25, -0.2) is 8.78 Å². The van der Waals surface area contributed by atoms with Crippen LogP contribution in [-0.4, -0.2) is 34.7 Å². The summed E-state index contributed by atoms with van der Waals surface area (Å²) < 4.78 is 26.5. The summed E-state index contributed by atoms with van der Waals surface area (Å²) in [6.07, 6.45) is 4.31. The van der Waals surface area contributed by atoms with E-state index in [1.54, 1.807) is 0 Å². The summed E-state index contributed by atoms with van der Waals surface area (Å²) in [5, 5.41) is 10.8. The van der Waals surface area contributed by atoms with Gasteiger partial charge in [0.1, 0.15) is 11.6 Å². The molecule has 1 aromatic carbocycles. The lowest BCUT2D eigenvalue weighted by atomic mass is 9.84. The fourth-order valence-electron chi connectivity index (χ4n) is 3.64. The van der Waals surface area contributed by atoms with Gasteiger partial charge in [-0.3, -0.25) is 4.90 Å². The maximum atomic E-state index is 13.2. The summed E-state index contributed by atoms with van der Waals surface area (Å²) >= 11 is 0. The third kappa shape index (κ3) is 2.51. The van der Waals surface area contributed by atoms with Crippen LogP contribution in [0.4, 0.5) is 8.78 Å². The van der Waals surface area contributed by atoms with Gasteiger partial charge in [0.15, 0.2) is 0 Å². The van der Waals surface area contributed by atoms with Crippen molar-refractivity contribution in [1.29, 1.82) is 0 Å². The minimum Gasteiger partial charge on any atom is -0.388 e. The van der Waals surface area contributed by atoms with Crippen LogP contribution in [0.2, 0.25) is 0 Å². The molecule has 2 aliphatic heterocycles. The fourth-order valence-corrected chi connectivity index (χ4v) is 3.64. The van der Waals surface area contributed by atoms with E-state index in [9.17, 15) is 13.9 Å². The van der Waals surface area contributed by atoms with Crippen LogP contribution < -0.4 is 0 Å².